The summed E-state index contributed by atoms with van der Waals surface area (Å²) in [4.78, 5) is 23.7. The smallest absolute Gasteiger partial charge is 0.398 e. The van der Waals surface area contributed by atoms with E-state index in [0.717, 1.165) is 6.42 Å². The monoisotopic (exact) mass is 213 g/mol. The predicted octanol–water partition coefficient (Wildman–Crippen LogP) is -0.0443. The van der Waals surface area contributed by atoms with Crippen LogP contribution in [0.25, 0.3) is 0 Å². The molecule has 6 heteroatoms. The number of likely N-dealkylation sites (N-methyl/N-ethyl adjacent to an activating group) is 1. The van der Waals surface area contributed by atoms with Crippen molar-refractivity contribution in [2.75, 3.05) is 14.1 Å². The molecule has 1 aliphatic heterocycles. The van der Waals surface area contributed by atoms with Gasteiger partial charge in [0.2, 0.25) is 0 Å². The number of amides is 1. The first-order valence-electron chi connectivity index (χ1n) is 5.07. The molecular formula is C9H16BNO4. The summed E-state index contributed by atoms with van der Waals surface area (Å²) in [6, 6.07) is 0. The van der Waals surface area contributed by atoms with E-state index in [1.165, 1.54) is 4.90 Å². The lowest BCUT2D eigenvalue weighted by Crippen LogP contribution is -2.40. The van der Waals surface area contributed by atoms with Crippen LogP contribution in [0.4, 0.5) is 0 Å². The molecule has 0 spiro atoms. The Morgan fingerprint density at radius 2 is 2.13 bits per heavy atom. The van der Waals surface area contributed by atoms with Crippen molar-refractivity contribution in [3.63, 3.8) is 0 Å². The normalized spacial score (nSPS) is 25.4. The van der Waals surface area contributed by atoms with Gasteiger partial charge in [0.15, 0.2) is 6.10 Å². The summed E-state index contributed by atoms with van der Waals surface area (Å²) in [5.74, 6) is -0.231. The van der Waals surface area contributed by atoms with Crippen molar-refractivity contribution in [1.29, 1.82) is 0 Å². The van der Waals surface area contributed by atoms with Gasteiger partial charge in [-0.3, -0.25) is 4.79 Å². The maximum absolute atomic E-state index is 11.6. The van der Waals surface area contributed by atoms with E-state index >= 15 is 0 Å². The molecule has 0 bridgehead atoms. The Hall–Kier alpha value is -0.875. The highest BCUT2D eigenvalue weighted by Crippen LogP contribution is 2.20. The second-order valence-corrected chi connectivity index (χ2v) is 3.74. The van der Waals surface area contributed by atoms with Gasteiger partial charge in [-0.25, -0.2) is 0 Å². The third-order valence-electron chi connectivity index (χ3n) is 2.25. The molecule has 0 aromatic carbocycles. The number of hydrogen-bond donors (Lipinski definition) is 0. The highest BCUT2D eigenvalue weighted by atomic mass is 16.7. The van der Waals surface area contributed by atoms with Crippen molar-refractivity contribution in [1.82, 2.24) is 4.90 Å². The zero-order chi connectivity index (χ0) is 11.4. The number of rotatable bonds is 4. The Morgan fingerprint density at radius 1 is 1.47 bits per heavy atom. The number of aldehydes is 1. The molecule has 1 heterocycles. The molecule has 1 fully saturated rings. The first-order chi connectivity index (χ1) is 7.10. The van der Waals surface area contributed by atoms with Gasteiger partial charge in [-0.05, 0) is 6.32 Å². The highest BCUT2D eigenvalue weighted by molar-refractivity contribution is 6.46. The van der Waals surface area contributed by atoms with Crippen LogP contribution < -0.4 is 0 Å². The minimum atomic E-state index is -0.783. The lowest BCUT2D eigenvalue weighted by Gasteiger charge is -2.17. The molecule has 5 nitrogen and oxygen atoms in total. The topological polar surface area (TPSA) is 55.8 Å². The van der Waals surface area contributed by atoms with Crippen molar-refractivity contribution in [2.45, 2.75) is 31.9 Å². The van der Waals surface area contributed by atoms with Crippen LogP contribution in [-0.4, -0.2) is 50.5 Å². The second kappa shape index (κ2) is 5.28. The molecule has 84 valence electrons. The van der Waals surface area contributed by atoms with Gasteiger partial charge < -0.3 is 19.0 Å². The van der Waals surface area contributed by atoms with Crippen LogP contribution in [0.5, 0.6) is 0 Å². The third-order valence-corrected chi connectivity index (χ3v) is 2.25. The van der Waals surface area contributed by atoms with Crippen LogP contribution in [0, 0.1) is 0 Å². The summed E-state index contributed by atoms with van der Waals surface area (Å²) < 4.78 is 10.7. The quantitative estimate of drug-likeness (QED) is 0.485. The molecule has 1 aliphatic rings. The standard InChI is InChI=1S/C9H16BNO4/c1-4-5-10-14-7(6-12)8(15-10)9(13)11(2)3/h6-8H,4-5H2,1-3H3/t7-,8?/m0/s1. The predicted molar refractivity (Wildman–Crippen MR) is 55.4 cm³/mol. The molecule has 0 aliphatic carbocycles. The van der Waals surface area contributed by atoms with Crippen molar-refractivity contribution in [3.05, 3.63) is 0 Å². The summed E-state index contributed by atoms with van der Waals surface area (Å²) >= 11 is 0. The molecule has 1 amide bonds. The molecule has 0 radical (unpaired) electrons. The van der Waals surface area contributed by atoms with Crippen LogP contribution >= 0.6 is 0 Å². The highest BCUT2D eigenvalue weighted by Gasteiger charge is 2.43. The largest absolute Gasteiger partial charge is 0.458 e. The summed E-state index contributed by atoms with van der Waals surface area (Å²) in [5.41, 5.74) is 0. The van der Waals surface area contributed by atoms with Gasteiger partial charge in [-0.1, -0.05) is 13.3 Å². The van der Waals surface area contributed by atoms with Gasteiger partial charge in [0.05, 0.1) is 0 Å². The Labute approximate surface area is 89.9 Å². The van der Waals surface area contributed by atoms with Crippen molar-refractivity contribution in [2.24, 2.45) is 0 Å². The molecule has 15 heavy (non-hydrogen) atoms. The summed E-state index contributed by atoms with van der Waals surface area (Å²) in [6.07, 6.45) is 0.660. The van der Waals surface area contributed by atoms with Gasteiger partial charge >= 0.3 is 7.12 Å². The van der Waals surface area contributed by atoms with Crippen molar-refractivity contribution < 1.29 is 18.9 Å². The van der Waals surface area contributed by atoms with E-state index in [1.54, 1.807) is 14.1 Å². The average molecular weight is 213 g/mol. The zero-order valence-electron chi connectivity index (χ0n) is 9.30. The lowest BCUT2D eigenvalue weighted by molar-refractivity contribution is -0.139. The fourth-order valence-electron chi connectivity index (χ4n) is 1.45. The summed E-state index contributed by atoms with van der Waals surface area (Å²) in [7, 11) is 2.82. The number of hydrogen-bond acceptors (Lipinski definition) is 4. The van der Waals surface area contributed by atoms with E-state index in [4.69, 9.17) is 9.31 Å². The Balaban J connectivity index is 2.63. The van der Waals surface area contributed by atoms with E-state index in [2.05, 4.69) is 0 Å². The third kappa shape index (κ3) is 2.79. The fourth-order valence-corrected chi connectivity index (χ4v) is 1.45. The van der Waals surface area contributed by atoms with Gasteiger partial charge in [0, 0.05) is 14.1 Å². The molecule has 0 saturated carbocycles. The van der Waals surface area contributed by atoms with Gasteiger partial charge in [0.1, 0.15) is 12.4 Å². The Kier molecular flexibility index (Phi) is 4.29. The lowest BCUT2D eigenvalue weighted by atomic mass is 9.84. The minimum Gasteiger partial charge on any atom is -0.398 e. The number of nitrogens with zero attached hydrogens (tertiary/aromatic N) is 1. The SMILES string of the molecule is CCCB1OC(C(=O)N(C)C)[C@H](C=O)O1. The van der Waals surface area contributed by atoms with E-state index in [9.17, 15) is 9.59 Å². The Morgan fingerprint density at radius 3 is 2.60 bits per heavy atom. The van der Waals surface area contributed by atoms with Crippen LogP contribution in [0.15, 0.2) is 0 Å². The Bertz CT molecular complexity index is 246. The molecule has 1 rings (SSSR count). The number of carbonyl (C=O) groups is 2. The average Bonchev–Trinajstić information content (AvgIpc) is 2.60. The molecular weight excluding hydrogens is 197 g/mol. The van der Waals surface area contributed by atoms with Crippen LogP contribution in [-0.2, 0) is 18.9 Å². The van der Waals surface area contributed by atoms with Crippen LogP contribution in [0.2, 0.25) is 6.32 Å². The van der Waals surface area contributed by atoms with E-state index in [-0.39, 0.29) is 5.91 Å². The van der Waals surface area contributed by atoms with E-state index < -0.39 is 19.3 Å². The van der Waals surface area contributed by atoms with Gasteiger partial charge in [0.25, 0.3) is 5.91 Å². The van der Waals surface area contributed by atoms with Crippen LogP contribution in [0.3, 0.4) is 0 Å². The molecule has 1 saturated heterocycles. The molecule has 0 aromatic rings. The number of carbonyl (C=O) groups excluding carboxylic acids is 2. The van der Waals surface area contributed by atoms with Gasteiger partial charge in [-0.2, -0.15) is 0 Å². The van der Waals surface area contributed by atoms with E-state index in [0.29, 0.717) is 12.6 Å². The fraction of sp³-hybridized carbons (Fsp3) is 0.778. The summed E-state index contributed by atoms with van der Waals surface area (Å²) in [6.45, 7) is 1.99. The van der Waals surface area contributed by atoms with E-state index in [1.807, 2.05) is 6.92 Å². The second-order valence-electron chi connectivity index (χ2n) is 3.74. The maximum atomic E-state index is 11.6. The first kappa shape index (κ1) is 12.2. The van der Waals surface area contributed by atoms with Crippen molar-refractivity contribution >= 4 is 19.3 Å². The first-order valence-corrected chi connectivity index (χ1v) is 5.07. The molecule has 0 aromatic heterocycles. The summed E-state index contributed by atoms with van der Waals surface area (Å²) in [5, 5.41) is 0. The zero-order valence-corrected chi connectivity index (χ0v) is 9.30. The van der Waals surface area contributed by atoms with Gasteiger partial charge in [-0.15, -0.1) is 0 Å². The minimum absolute atomic E-state index is 0.231. The molecule has 1 unspecified atom stereocenters. The molecule has 2 atom stereocenters. The maximum Gasteiger partial charge on any atom is 0.458 e. The molecule has 0 N–H and O–H groups in total. The van der Waals surface area contributed by atoms with Crippen LogP contribution in [0.1, 0.15) is 13.3 Å². The van der Waals surface area contributed by atoms with Crippen molar-refractivity contribution in [3.8, 4) is 0 Å².